The van der Waals surface area contributed by atoms with Gasteiger partial charge in [-0.15, -0.1) is 0 Å². The third-order valence-electron chi connectivity index (χ3n) is 4.96. The predicted molar refractivity (Wildman–Crippen MR) is 114 cm³/mol. The van der Waals surface area contributed by atoms with Crippen molar-refractivity contribution in [2.75, 3.05) is 12.4 Å². The molecule has 0 fully saturated rings. The summed E-state index contributed by atoms with van der Waals surface area (Å²) in [4.78, 5) is 25.0. The first-order chi connectivity index (χ1) is 14.0. The zero-order chi connectivity index (χ0) is 20.8. The van der Waals surface area contributed by atoms with E-state index in [2.05, 4.69) is 17.4 Å². The van der Waals surface area contributed by atoms with Gasteiger partial charge in [-0.1, -0.05) is 60.7 Å². The summed E-state index contributed by atoms with van der Waals surface area (Å²) in [5.41, 5.74) is 3.64. The van der Waals surface area contributed by atoms with Crippen molar-refractivity contribution in [1.29, 1.82) is 0 Å². The van der Waals surface area contributed by atoms with Crippen molar-refractivity contribution in [2.24, 2.45) is 0 Å². The highest BCUT2D eigenvalue weighted by molar-refractivity contribution is 5.90. The van der Waals surface area contributed by atoms with Gasteiger partial charge in [-0.25, -0.2) is 4.79 Å². The number of carbonyl (C=O) groups is 1. The molecule has 0 spiro atoms. The summed E-state index contributed by atoms with van der Waals surface area (Å²) in [7, 11) is 1.68. The number of amides is 2. The third kappa shape index (κ3) is 4.99. The van der Waals surface area contributed by atoms with Gasteiger partial charge in [0.25, 0.3) is 5.69 Å². The fourth-order valence-electron chi connectivity index (χ4n) is 3.11. The number of rotatable bonds is 6. The Labute approximate surface area is 169 Å². The lowest BCUT2D eigenvalue weighted by Crippen LogP contribution is -2.33. The highest BCUT2D eigenvalue weighted by atomic mass is 16.6. The number of carbonyl (C=O) groups excluding carboxylic acids is 1. The van der Waals surface area contributed by atoms with Gasteiger partial charge in [-0.05, 0) is 36.1 Å². The molecular formula is C23H23N3O3. The van der Waals surface area contributed by atoms with Crippen LogP contribution in [-0.4, -0.2) is 22.9 Å². The summed E-state index contributed by atoms with van der Waals surface area (Å²) in [6.07, 6.45) is 0.710. The van der Waals surface area contributed by atoms with Gasteiger partial charge < -0.3 is 10.2 Å². The standard InChI is InChI=1S/C23H23N3O3/c1-17(19-12-8-13-21(16-19)26(28)29)25(2)23(27)24-22-14-7-6-11-20(22)15-18-9-4-3-5-10-18/h3-14,16-17H,15H2,1-2H3,(H,24,27)/t17-/m0/s1. The number of nitro groups is 1. The number of anilines is 1. The molecular weight excluding hydrogens is 366 g/mol. The molecule has 148 valence electrons. The Balaban J connectivity index is 1.74. The summed E-state index contributed by atoms with van der Waals surface area (Å²) < 4.78 is 0. The molecule has 0 radical (unpaired) electrons. The highest BCUT2D eigenvalue weighted by Crippen LogP contribution is 2.25. The lowest BCUT2D eigenvalue weighted by molar-refractivity contribution is -0.384. The molecule has 29 heavy (non-hydrogen) atoms. The van der Waals surface area contributed by atoms with Crippen molar-refractivity contribution in [3.05, 3.63) is 106 Å². The average Bonchev–Trinajstić information content (AvgIpc) is 2.74. The number of non-ortho nitro benzene ring substituents is 1. The van der Waals surface area contributed by atoms with Crippen molar-refractivity contribution in [2.45, 2.75) is 19.4 Å². The number of hydrogen-bond donors (Lipinski definition) is 1. The quantitative estimate of drug-likeness (QED) is 0.452. The Morgan fingerprint density at radius 1 is 1.03 bits per heavy atom. The van der Waals surface area contributed by atoms with Crippen molar-refractivity contribution >= 4 is 17.4 Å². The van der Waals surface area contributed by atoms with E-state index in [4.69, 9.17) is 0 Å². The second-order valence-corrected chi connectivity index (χ2v) is 6.89. The van der Waals surface area contributed by atoms with Crippen LogP contribution in [0.3, 0.4) is 0 Å². The van der Waals surface area contributed by atoms with Crippen molar-refractivity contribution in [3.8, 4) is 0 Å². The molecule has 0 bridgehead atoms. The molecule has 6 heteroatoms. The maximum absolute atomic E-state index is 12.8. The monoisotopic (exact) mass is 389 g/mol. The van der Waals surface area contributed by atoms with E-state index >= 15 is 0 Å². The van der Waals surface area contributed by atoms with Crippen LogP contribution < -0.4 is 5.32 Å². The van der Waals surface area contributed by atoms with Crippen molar-refractivity contribution in [3.63, 3.8) is 0 Å². The lowest BCUT2D eigenvalue weighted by Gasteiger charge is -2.26. The summed E-state index contributed by atoms with van der Waals surface area (Å²) in [5.74, 6) is 0. The minimum absolute atomic E-state index is 0.0105. The number of nitro benzene ring substituents is 1. The summed E-state index contributed by atoms with van der Waals surface area (Å²) in [6, 6.07) is 23.5. The van der Waals surface area contributed by atoms with E-state index in [9.17, 15) is 14.9 Å². The first-order valence-electron chi connectivity index (χ1n) is 9.35. The van der Waals surface area contributed by atoms with Crippen LogP contribution in [0.4, 0.5) is 16.2 Å². The van der Waals surface area contributed by atoms with Gasteiger partial charge >= 0.3 is 6.03 Å². The number of nitrogens with zero attached hydrogens (tertiary/aromatic N) is 2. The molecule has 1 N–H and O–H groups in total. The Morgan fingerprint density at radius 2 is 1.72 bits per heavy atom. The van der Waals surface area contributed by atoms with Crippen LogP contribution in [-0.2, 0) is 6.42 Å². The van der Waals surface area contributed by atoms with Gasteiger partial charge in [0.2, 0.25) is 0 Å². The maximum Gasteiger partial charge on any atom is 0.322 e. The molecule has 2 amide bonds. The van der Waals surface area contributed by atoms with E-state index in [0.29, 0.717) is 12.0 Å². The van der Waals surface area contributed by atoms with E-state index in [1.807, 2.05) is 49.4 Å². The normalized spacial score (nSPS) is 11.5. The summed E-state index contributed by atoms with van der Waals surface area (Å²) in [5, 5.41) is 14.0. The van der Waals surface area contributed by atoms with Crippen LogP contribution in [0.15, 0.2) is 78.9 Å². The molecule has 6 nitrogen and oxygen atoms in total. The molecule has 3 aromatic carbocycles. The van der Waals surface area contributed by atoms with E-state index in [1.54, 1.807) is 24.1 Å². The lowest BCUT2D eigenvalue weighted by atomic mass is 10.0. The number of hydrogen-bond acceptors (Lipinski definition) is 3. The van der Waals surface area contributed by atoms with Crippen LogP contribution in [0.1, 0.15) is 29.7 Å². The Kier molecular flexibility index (Phi) is 6.24. The second kappa shape index (κ2) is 9.01. The van der Waals surface area contributed by atoms with Gasteiger partial charge in [0.15, 0.2) is 0 Å². The van der Waals surface area contributed by atoms with E-state index in [0.717, 1.165) is 16.8 Å². The molecule has 3 aromatic rings. The summed E-state index contributed by atoms with van der Waals surface area (Å²) >= 11 is 0. The molecule has 3 rings (SSSR count). The largest absolute Gasteiger partial charge is 0.322 e. The van der Waals surface area contributed by atoms with Gasteiger partial charge in [-0.3, -0.25) is 10.1 Å². The van der Waals surface area contributed by atoms with Gasteiger partial charge in [0.1, 0.15) is 0 Å². The first kappa shape index (κ1) is 20.1. The zero-order valence-electron chi connectivity index (χ0n) is 16.4. The summed E-state index contributed by atoms with van der Waals surface area (Å²) in [6.45, 7) is 1.84. The van der Waals surface area contributed by atoms with Gasteiger partial charge in [0.05, 0.1) is 11.0 Å². The number of urea groups is 1. The van der Waals surface area contributed by atoms with Crippen molar-refractivity contribution < 1.29 is 9.72 Å². The van der Waals surface area contributed by atoms with Crippen LogP contribution in [0, 0.1) is 10.1 Å². The highest BCUT2D eigenvalue weighted by Gasteiger charge is 2.20. The maximum atomic E-state index is 12.8. The van der Waals surface area contributed by atoms with Gasteiger partial charge in [-0.2, -0.15) is 0 Å². The molecule has 0 aromatic heterocycles. The number of benzene rings is 3. The third-order valence-corrected chi connectivity index (χ3v) is 4.96. The smallest absolute Gasteiger partial charge is 0.321 e. The number of para-hydroxylation sites is 1. The van der Waals surface area contributed by atoms with E-state index in [-0.39, 0.29) is 17.8 Å². The molecule has 0 unspecified atom stereocenters. The fourth-order valence-corrected chi connectivity index (χ4v) is 3.11. The molecule has 0 aliphatic rings. The first-order valence-corrected chi connectivity index (χ1v) is 9.35. The second-order valence-electron chi connectivity index (χ2n) is 6.89. The molecule has 0 saturated carbocycles. The SMILES string of the molecule is C[C@@H](c1cccc([N+](=O)[O-])c1)N(C)C(=O)Nc1ccccc1Cc1ccccc1. The zero-order valence-corrected chi connectivity index (χ0v) is 16.4. The predicted octanol–water partition coefficient (Wildman–Crippen LogP) is 5.41. The molecule has 1 atom stereocenters. The minimum atomic E-state index is -0.434. The van der Waals surface area contributed by atoms with Crippen LogP contribution in [0.25, 0.3) is 0 Å². The van der Waals surface area contributed by atoms with E-state index < -0.39 is 4.92 Å². The Hall–Kier alpha value is -3.67. The molecule has 0 aliphatic carbocycles. The molecule has 0 heterocycles. The topological polar surface area (TPSA) is 75.5 Å². The van der Waals surface area contributed by atoms with Crippen molar-refractivity contribution in [1.82, 2.24) is 4.90 Å². The molecule has 0 saturated heterocycles. The Morgan fingerprint density at radius 3 is 2.45 bits per heavy atom. The average molecular weight is 389 g/mol. The van der Waals surface area contributed by atoms with Crippen LogP contribution in [0.2, 0.25) is 0 Å². The molecule has 0 aliphatic heterocycles. The minimum Gasteiger partial charge on any atom is -0.321 e. The van der Waals surface area contributed by atoms with E-state index in [1.165, 1.54) is 12.1 Å². The Bertz CT molecular complexity index is 1010. The fraction of sp³-hybridized carbons (Fsp3) is 0.174. The van der Waals surface area contributed by atoms with Crippen LogP contribution >= 0.6 is 0 Å². The van der Waals surface area contributed by atoms with Gasteiger partial charge in [0, 0.05) is 24.9 Å². The number of nitrogens with one attached hydrogen (secondary N) is 1. The van der Waals surface area contributed by atoms with Crippen LogP contribution in [0.5, 0.6) is 0 Å².